The average molecular weight is 142 g/mol. The quantitative estimate of drug-likeness (QED) is 0.436. The monoisotopic (exact) mass is 142 g/mol. The van der Waals surface area contributed by atoms with Crippen molar-refractivity contribution in [3.63, 3.8) is 0 Å². The van der Waals surface area contributed by atoms with E-state index in [1.54, 1.807) is 0 Å². The summed E-state index contributed by atoms with van der Waals surface area (Å²) in [6.07, 6.45) is 1.18. The predicted octanol–water partition coefficient (Wildman–Crippen LogP) is 1.16. The van der Waals surface area contributed by atoms with Crippen molar-refractivity contribution >= 4 is 15.7 Å². The van der Waals surface area contributed by atoms with Crippen LogP contribution >= 0.6 is 0 Å². The minimum Gasteiger partial charge on any atom is -0.513 e. The molecule has 0 aliphatic carbocycles. The summed E-state index contributed by atoms with van der Waals surface area (Å²) in [5.74, 6) is -0.331. The second-order valence-electron chi connectivity index (χ2n) is 1.90. The van der Waals surface area contributed by atoms with E-state index in [1.807, 2.05) is 13.8 Å². The van der Waals surface area contributed by atoms with Gasteiger partial charge in [0.1, 0.15) is 0 Å². The molecule has 0 unspecified atom stereocenters. The molecule has 0 saturated carbocycles. The van der Waals surface area contributed by atoms with Crippen LogP contribution in [0.5, 0.6) is 0 Å². The van der Waals surface area contributed by atoms with Gasteiger partial charge in [0.2, 0.25) is 0 Å². The van der Waals surface area contributed by atoms with Crippen molar-refractivity contribution in [2.45, 2.75) is 19.4 Å². The van der Waals surface area contributed by atoms with Crippen LogP contribution in [0.25, 0.3) is 0 Å². The van der Waals surface area contributed by atoms with Gasteiger partial charge in [-0.15, -0.1) is 0 Å². The summed E-state index contributed by atoms with van der Waals surface area (Å²) in [5, 5.41) is 0. The topological polar surface area (TPSA) is 26.3 Å². The number of carbonyl (C=O) groups excluding carboxylic acids is 1. The molecule has 0 aromatic heterocycles. The molecule has 50 valence electrons. The van der Waals surface area contributed by atoms with E-state index < -0.39 is 0 Å². The molecule has 2 radical (unpaired) electrons. The van der Waals surface area contributed by atoms with Gasteiger partial charge in [0, 0.05) is 6.08 Å². The predicted molar refractivity (Wildman–Crippen MR) is 37.1 cm³/mol. The summed E-state index contributed by atoms with van der Waals surface area (Å²) in [6.45, 7) is 7.26. The lowest BCUT2D eigenvalue weighted by molar-refractivity contribution is -0.129. The third-order valence-corrected chi connectivity index (χ3v) is 1.35. The summed E-state index contributed by atoms with van der Waals surface area (Å²) < 4.78 is 4.72. The SMILES string of the molecule is C=CC(=O)O[Si]C(C)C. The Kier molecular flexibility index (Phi) is 4.04. The zero-order valence-electron chi connectivity index (χ0n) is 5.68. The number of hydrogen-bond donors (Lipinski definition) is 0. The third-order valence-electron chi connectivity index (χ3n) is 0.562. The average Bonchev–Trinajstić information content (AvgIpc) is 1.83. The maximum atomic E-state index is 10.4. The van der Waals surface area contributed by atoms with E-state index in [0.717, 1.165) is 0 Å². The molecule has 0 aliphatic heterocycles. The smallest absolute Gasteiger partial charge is 0.318 e. The first-order valence-electron chi connectivity index (χ1n) is 2.75. The number of hydrogen-bond acceptors (Lipinski definition) is 2. The van der Waals surface area contributed by atoms with Crippen LogP contribution in [0.4, 0.5) is 0 Å². The largest absolute Gasteiger partial charge is 0.513 e. The van der Waals surface area contributed by atoms with Crippen molar-refractivity contribution in [2.24, 2.45) is 0 Å². The molecule has 0 N–H and O–H groups in total. The highest BCUT2D eigenvalue weighted by Gasteiger charge is 2.00. The third kappa shape index (κ3) is 5.30. The highest BCUT2D eigenvalue weighted by Crippen LogP contribution is 1.96. The Hall–Kier alpha value is -0.573. The molecule has 9 heavy (non-hydrogen) atoms. The zero-order chi connectivity index (χ0) is 7.28. The lowest BCUT2D eigenvalue weighted by Gasteiger charge is -2.00. The Labute approximate surface area is 57.8 Å². The van der Waals surface area contributed by atoms with Crippen molar-refractivity contribution in [1.29, 1.82) is 0 Å². The van der Waals surface area contributed by atoms with Gasteiger partial charge >= 0.3 is 15.7 Å². The summed E-state index contributed by atoms with van der Waals surface area (Å²) in [6, 6.07) is 0. The molecule has 0 aliphatic rings. The minimum absolute atomic E-state index is 0.255. The van der Waals surface area contributed by atoms with Gasteiger partial charge in [-0.2, -0.15) is 0 Å². The van der Waals surface area contributed by atoms with Crippen LogP contribution in [0.15, 0.2) is 12.7 Å². The first-order chi connectivity index (χ1) is 4.16. The Morgan fingerprint density at radius 1 is 1.78 bits per heavy atom. The molecule has 2 nitrogen and oxygen atoms in total. The molecule has 3 heteroatoms. The molecule has 0 atom stereocenters. The van der Waals surface area contributed by atoms with Gasteiger partial charge < -0.3 is 4.43 Å². The van der Waals surface area contributed by atoms with Crippen molar-refractivity contribution in [1.82, 2.24) is 0 Å². The van der Waals surface area contributed by atoms with E-state index in [1.165, 1.54) is 6.08 Å². The van der Waals surface area contributed by atoms with Crippen molar-refractivity contribution in [3.05, 3.63) is 12.7 Å². The first kappa shape index (κ1) is 8.43. The Balaban J connectivity index is 3.27. The van der Waals surface area contributed by atoms with E-state index in [9.17, 15) is 4.79 Å². The lowest BCUT2D eigenvalue weighted by atomic mass is 10.6. The van der Waals surface area contributed by atoms with Gasteiger partial charge in [0.05, 0.1) is 0 Å². The van der Waals surface area contributed by atoms with Crippen LogP contribution in [0.3, 0.4) is 0 Å². The van der Waals surface area contributed by atoms with Crippen LogP contribution in [-0.2, 0) is 9.22 Å². The molecule has 0 saturated heterocycles. The van der Waals surface area contributed by atoms with Crippen LogP contribution in [0, 0.1) is 0 Å². The molecule has 0 aromatic rings. The Morgan fingerprint density at radius 3 is 2.67 bits per heavy atom. The number of rotatable bonds is 3. The maximum absolute atomic E-state index is 10.4. The highest BCUT2D eigenvalue weighted by atomic mass is 28.2. The standard InChI is InChI=1S/C6H10O2Si/c1-4-6(7)8-9-5(2)3/h4-5H,1H2,2-3H3. The fourth-order valence-corrected chi connectivity index (χ4v) is 0.653. The van der Waals surface area contributed by atoms with E-state index >= 15 is 0 Å². The van der Waals surface area contributed by atoms with Gasteiger partial charge in [0.15, 0.2) is 0 Å². The summed E-state index contributed by atoms with van der Waals surface area (Å²) in [5.41, 5.74) is 0.425. The van der Waals surface area contributed by atoms with Gasteiger partial charge in [-0.3, -0.25) is 0 Å². The van der Waals surface area contributed by atoms with Crippen molar-refractivity contribution in [3.8, 4) is 0 Å². The molecule has 0 fully saturated rings. The molecule has 0 bridgehead atoms. The van der Waals surface area contributed by atoms with Crippen LogP contribution in [0.2, 0.25) is 5.54 Å². The molecule has 0 spiro atoms. The second-order valence-corrected chi connectivity index (χ2v) is 3.49. The fourth-order valence-electron chi connectivity index (χ4n) is 0.218. The summed E-state index contributed by atoms with van der Waals surface area (Å²) >= 11 is 0. The number of carbonyl (C=O) groups is 1. The summed E-state index contributed by atoms with van der Waals surface area (Å²) in [7, 11) is 0.255. The molecule has 0 aromatic carbocycles. The normalized spacial score (nSPS) is 9.22. The second kappa shape index (κ2) is 4.32. The highest BCUT2D eigenvalue weighted by molar-refractivity contribution is 6.32. The van der Waals surface area contributed by atoms with Gasteiger partial charge in [-0.25, -0.2) is 4.79 Å². The molecule has 0 heterocycles. The Morgan fingerprint density at radius 2 is 2.33 bits per heavy atom. The van der Waals surface area contributed by atoms with Crippen molar-refractivity contribution < 1.29 is 9.22 Å². The molecular weight excluding hydrogens is 132 g/mol. The lowest BCUT2D eigenvalue weighted by Crippen LogP contribution is -2.07. The maximum Gasteiger partial charge on any atom is 0.318 e. The molecular formula is C6H10O2Si. The van der Waals surface area contributed by atoms with Gasteiger partial charge in [0.25, 0.3) is 0 Å². The van der Waals surface area contributed by atoms with E-state index in [4.69, 9.17) is 4.43 Å². The Bertz CT molecular complexity index is 110. The molecule has 0 amide bonds. The van der Waals surface area contributed by atoms with Crippen LogP contribution in [-0.4, -0.2) is 15.7 Å². The van der Waals surface area contributed by atoms with Crippen LogP contribution < -0.4 is 0 Å². The van der Waals surface area contributed by atoms with Gasteiger partial charge in [-0.1, -0.05) is 20.4 Å². The van der Waals surface area contributed by atoms with Crippen LogP contribution in [0.1, 0.15) is 13.8 Å². The van der Waals surface area contributed by atoms with E-state index in [-0.39, 0.29) is 15.7 Å². The van der Waals surface area contributed by atoms with E-state index in [0.29, 0.717) is 5.54 Å². The van der Waals surface area contributed by atoms with Crippen molar-refractivity contribution in [2.75, 3.05) is 0 Å². The molecule has 0 rings (SSSR count). The van der Waals surface area contributed by atoms with E-state index in [2.05, 4.69) is 6.58 Å². The fraction of sp³-hybridized carbons (Fsp3) is 0.500. The zero-order valence-corrected chi connectivity index (χ0v) is 6.68. The minimum atomic E-state index is -0.331. The summed E-state index contributed by atoms with van der Waals surface area (Å²) in [4.78, 5) is 10.4. The first-order valence-corrected chi connectivity index (χ1v) is 3.74. The van der Waals surface area contributed by atoms with Gasteiger partial charge in [-0.05, 0) is 5.54 Å².